The van der Waals surface area contributed by atoms with E-state index in [-0.39, 0.29) is 0 Å². The van der Waals surface area contributed by atoms with Gasteiger partial charge in [0, 0.05) is 40.8 Å². The zero-order chi connectivity index (χ0) is 18.5. The van der Waals surface area contributed by atoms with E-state index in [1.54, 1.807) is 0 Å². The van der Waals surface area contributed by atoms with Crippen molar-refractivity contribution in [1.29, 1.82) is 0 Å². The van der Waals surface area contributed by atoms with Crippen LogP contribution in [0.1, 0.15) is 37.7 Å². The number of nitrogens with one attached hydrogen (secondary N) is 1. The van der Waals surface area contributed by atoms with Gasteiger partial charge in [0.1, 0.15) is 6.29 Å². The van der Waals surface area contributed by atoms with Crippen molar-refractivity contribution in [3.05, 3.63) is 34.4 Å². The summed E-state index contributed by atoms with van der Waals surface area (Å²) in [6.45, 7) is 1.18. The molecule has 0 saturated heterocycles. The molecule has 26 heavy (non-hydrogen) atoms. The monoisotopic (exact) mass is 417 g/mol. The third-order valence-corrected chi connectivity index (χ3v) is 5.75. The van der Waals surface area contributed by atoms with E-state index in [1.165, 1.54) is 32.2 Å². The highest BCUT2D eigenvalue weighted by Gasteiger charge is 2.23. The van der Waals surface area contributed by atoms with Gasteiger partial charge in [-0.25, -0.2) is 0 Å². The van der Waals surface area contributed by atoms with Crippen LogP contribution in [0.2, 0.25) is 0 Å². The van der Waals surface area contributed by atoms with Crippen molar-refractivity contribution in [3.8, 4) is 0 Å². The lowest BCUT2D eigenvalue weighted by atomic mass is 9.85. The molecule has 5 heteroatoms. The molecule has 1 fully saturated rings. The van der Waals surface area contributed by atoms with Crippen LogP contribution in [0.15, 0.2) is 28.9 Å². The third-order valence-electron chi connectivity index (χ3n) is 5.26. The average Bonchev–Trinajstić information content (AvgIpc) is 2.62. The van der Waals surface area contributed by atoms with Gasteiger partial charge in [-0.2, -0.15) is 0 Å². The Morgan fingerprint density at radius 1 is 1.27 bits per heavy atom. The summed E-state index contributed by atoms with van der Waals surface area (Å²) in [6, 6.07) is 6.69. The standard InChI is InChI=1S/C21H28BrN3O/c1-25(2)14-15-5-8-18(9-6-15)24-21-16(4-3-11-26)13-23-20-10-7-17(22)12-19(20)21/h7,10-13,15,18H,3-6,8-9,14H2,1-2H3,(H,23,24)/t15-,18-. The molecule has 0 radical (unpaired) electrons. The van der Waals surface area contributed by atoms with Gasteiger partial charge in [-0.05, 0) is 75.9 Å². The zero-order valence-electron chi connectivity index (χ0n) is 15.7. The van der Waals surface area contributed by atoms with Gasteiger partial charge in [-0.1, -0.05) is 15.9 Å². The molecule has 1 aromatic carbocycles. The molecule has 1 N–H and O–H groups in total. The van der Waals surface area contributed by atoms with Crippen molar-refractivity contribution < 1.29 is 4.79 Å². The second kappa shape index (κ2) is 8.96. The van der Waals surface area contributed by atoms with E-state index in [9.17, 15) is 4.79 Å². The molecule has 1 aliphatic carbocycles. The Labute approximate surface area is 164 Å². The predicted molar refractivity (Wildman–Crippen MR) is 112 cm³/mol. The van der Waals surface area contributed by atoms with E-state index in [0.29, 0.717) is 12.5 Å². The van der Waals surface area contributed by atoms with E-state index in [2.05, 4.69) is 51.3 Å². The first-order valence-corrected chi connectivity index (χ1v) is 10.3. The first kappa shape index (κ1) is 19.3. The molecule has 2 aromatic rings. The van der Waals surface area contributed by atoms with Crippen LogP contribution in [0, 0.1) is 5.92 Å². The number of rotatable bonds is 7. The molecular formula is C21H28BrN3O. The number of aryl methyl sites for hydroxylation is 1. The topological polar surface area (TPSA) is 45.2 Å². The molecule has 0 unspecified atom stereocenters. The highest BCUT2D eigenvalue weighted by Crippen LogP contribution is 2.33. The van der Waals surface area contributed by atoms with Gasteiger partial charge in [0.05, 0.1) is 5.52 Å². The lowest BCUT2D eigenvalue weighted by Crippen LogP contribution is -2.31. The number of aldehydes is 1. The van der Waals surface area contributed by atoms with Gasteiger partial charge in [0.25, 0.3) is 0 Å². The van der Waals surface area contributed by atoms with Crippen molar-refractivity contribution >= 4 is 38.8 Å². The minimum Gasteiger partial charge on any atom is -0.381 e. The van der Waals surface area contributed by atoms with Crippen LogP contribution >= 0.6 is 15.9 Å². The number of hydrogen-bond acceptors (Lipinski definition) is 4. The summed E-state index contributed by atoms with van der Waals surface area (Å²) in [6.07, 6.45) is 9.12. The van der Waals surface area contributed by atoms with Crippen LogP contribution in [-0.4, -0.2) is 42.9 Å². The van der Waals surface area contributed by atoms with E-state index < -0.39 is 0 Å². The quantitative estimate of drug-likeness (QED) is 0.665. The molecule has 0 amide bonds. The van der Waals surface area contributed by atoms with Crippen molar-refractivity contribution in [2.75, 3.05) is 26.0 Å². The molecule has 1 saturated carbocycles. The number of anilines is 1. The van der Waals surface area contributed by atoms with Crippen LogP contribution in [0.4, 0.5) is 5.69 Å². The van der Waals surface area contributed by atoms with Crippen molar-refractivity contribution in [2.24, 2.45) is 5.92 Å². The number of pyridine rings is 1. The molecule has 0 aliphatic heterocycles. The highest BCUT2D eigenvalue weighted by molar-refractivity contribution is 9.10. The van der Waals surface area contributed by atoms with E-state index in [1.807, 2.05) is 18.3 Å². The fraction of sp³-hybridized carbons (Fsp3) is 0.524. The number of aromatic nitrogens is 1. The third kappa shape index (κ3) is 4.83. The smallest absolute Gasteiger partial charge is 0.120 e. The summed E-state index contributed by atoms with van der Waals surface area (Å²) < 4.78 is 1.05. The molecule has 4 nitrogen and oxygen atoms in total. The normalized spacial score (nSPS) is 20.5. The molecule has 0 spiro atoms. The predicted octanol–water partition coefficient (Wildman–Crippen LogP) is 4.66. The molecule has 0 bridgehead atoms. The second-order valence-electron chi connectivity index (χ2n) is 7.65. The summed E-state index contributed by atoms with van der Waals surface area (Å²) in [5.74, 6) is 0.806. The van der Waals surface area contributed by atoms with Crippen molar-refractivity contribution in [2.45, 2.75) is 44.6 Å². The highest BCUT2D eigenvalue weighted by atomic mass is 79.9. The van der Waals surface area contributed by atoms with Crippen LogP contribution < -0.4 is 5.32 Å². The lowest BCUT2D eigenvalue weighted by molar-refractivity contribution is -0.107. The number of carbonyl (C=O) groups is 1. The molecule has 140 valence electrons. The minimum absolute atomic E-state index is 0.493. The Hall–Kier alpha value is -1.46. The zero-order valence-corrected chi connectivity index (χ0v) is 17.3. The largest absolute Gasteiger partial charge is 0.381 e. The summed E-state index contributed by atoms with van der Waals surface area (Å²) in [5, 5.41) is 4.95. The number of carbonyl (C=O) groups excluding carboxylic acids is 1. The molecule has 1 aliphatic rings. The lowest BCUT2D eigenvalue weighted by Gasteiger charge is -2.32. The number of hydrogen-bond donors (Lipinski definition) is 1. The first-order chi connectivity index (χ1) is 12.6. The maximum atomic E-state index is 10.9. The van der Waals surface area contributed by atoms with Crippen LogP contribution in [0.5, 0.6) is 0 Å². The Kier molecular flexibility index (Phi) is 6.65. The van der Waals surface area contributed by atoms with Gasteiger partial charge < -0.3 is 15.0 Å². The Balaban J connectivity index is 1.81. The molecule has 3 rings (SSSR count). The van der Waals surface area contributed by atoms with E-state index in [0.717, 1.165) is 45.3 Å². The maximum absolute atomic E-state index is 10.9. The SMILES string of the molecule is CN(C)C[C@H]1CC[C@H](Nc2c(CCC=O)cnc3ccc(Br)cc23)CC1. The summed E-state index contributed by atoms with van der Waals surface area (Å²) >= 11 is 3.58. The van der Waals surface area contributed by atoms with E-state index in [4.69, 9.17) is 0 Å². The van der Waals surface area contributed by atoms with Gasteiger partial charge in [-0.15, -0.1) is 0 Å². The summed E-state index contributed by atoms with van der Waals surface area (Å²) in [4.78, 5) is 17.8. The minimum atomic E-state index is 0.493. The van der Waals surface area contributed by atoms with Crippen LogP contribution in [0.25, 0.3) is 10.9 Å². The number of halogens is 1. The number of benzene rings is 1. The fourth-order valence-electron chi connectivity index (χ4n) is 3.99. The molecule has 0 atom stereocenters. The Morgan fingerprint density at radius 2 is 2.04 bits per heavy atom. The van der Waals surface area contributed by atoms with E-state index >= 15 is 0 Å². The van der Waals surface area contributed by atoms with Crippen molar-refractivity contribution in [3.63, 3.8) is 0 Å². The van der Waals surface area contributed by atoms with Gasteiger partial charge in [0.15, 0.2) is 0 Å². The Bertz CT molecular complexity index is 754. The van der Waals surface area contributed by atoms with Crippen molar-refractivity contribution in [1.82, 2.24) is 9.88 Å². The molecule has 1 heterocycles. The number of nitrogens with zero attached hydrogens (tertiary/aromatic N) is 2. The van der Waals surface area contributed by atoms with Crippen LogP contribution in [-0.2, 0) is 11.2 Å². The summed E-state index contributed by atoms with van der Waals surface area (Å²) in [5.41, 5.74) is 3.29. The number of fused-ring (bicyclic) bond motifs is 1. The summed E-state index contributed by atoms with van der Waals surface area (Å²) in [7, 11) is 4.31. The Morgan fingerprint density at radius 3 is 2.73 bits per heavy atom. The maximum Gasteiger partial charge on any atom is 0.120 e. The second-order valence-corrected chi connectivity index (χ2v) is 8.57. The molecular weight excluding hydrogens is 390 g/mol. The average molecular weight is 418 g/mol. The van der Waals surface area contributed by atoms with Gasteiger partial charge >= 0.3 is 0 Å². The van der Waals surface area contributed by atoms with Gasteiger partial charge in [0.2, 0.25) is 0 Å². The first-order valence-electron chi connectivity index (χ1n) is 9.49. The molecule has 1 aromatic heterocycles. The van der Waals surface area contributed by atoms with Crippen LogP contribution in [0.3, 0.4) is 0 Å². The van der Waals surface area contributed by atoms with Gasteiger partial charge in [-0.3, -0.25) is 4.98 Å². The fourth-order valence-corrected chi connectivity index (χ4v) is 4.35.